The van der Waals surface area contributed by atoms with Crippen molar-refractivity contribution in [3.05, 3.63) is 48.3 Å². The Bertz CT molecular complexity index is 602. The predicted molar refractivity (Wildman–Crippen MR) is 74.6 cm³/mol. The van der Waals surface area contributed by atoms with Crippen molar-refractivity contribution in [3.8, 4) is 11.5 Å². The molecule has 6 heteroatoms. The number of pyridine rings is 1. The summed E-state index contributed by atoms with van der Waals surface area (Å²) in [6, 6.07) is 8.49. The largest absolute Gasteiger partial charge is 0.505 e. The molecule has 2 aromatic rings. The summed E-state index contributed by atoms with van der Waals surface area (Å²) in [5.74, 6) is 0.119. The smallest absolute Gasteiger partial charge is 0.255 e. The Kier molecular flexibility index (Phi) is 4.39. The van der Waals surface area contributed by atoms with Crippen LogP contribution in [0.15, 0.2) is 42.7 Å². The number of aromatic hydroxyl groups is 1. The van der Waals surface area contributed by atoms with E-state index in [1.165, 1.54) is 18.5 Å². The molecule has 6 nitrogen and oxygen atoms in total. The van der Waals surface area contributed by atoms with Gasteiger partial charge in [-0.05, 0) is 18.2 Å². The number of carbonyl (C=O) groups excluding carboxylic acids is 1. The molecule has 0 aliphatic rings. The molecule has 0 aliphatic carbocycles. The summed E-state index contributed by atoms with van der Waals surface area (Å²) in [7, 11) is 0. The van der Waals surface area contributed by atoms with E-state index < -0.39 is 0 Å². The third kappa shape index (κ3) is 3.61. The molecular formula is C14H15N3O3. The summed E-state index contributed by atoms with van der Waals surface area (Å²) in [5, 5.41) is 12.1. The number of nitrogens with one attached hydrogen (secondary N) is 1. The highest BCUT2D eigenvalue weighted by Crippen LogP contribution is 2.14. The third-order valence-corrected chi connectivity index (χ3v) is 2.56. The van der Waals surface area contributed by atoms with Gasteiger partial charge in [0.25, 0.3) is 5.91 Å². The first-order valence-electron chi connectivity index (χ1n) is 6.06. The molecule has 0 bridgehead atoms. The van der Waals surface area contributed by atoms with Crippen molar-refractivity contribution in [1.29, 1.82) is 0 Å². The van der Waals surface area contributed by atoms with Crippen LogP contribution in [0.2, 0.25) is 0 Å². The lowest BCUT2D eigenvalue weighted by Crippen LogP contribution is -2.28. The first-order valence-corrected chi connectivity index (χ1v) is 6.06. The number of nitrogens with zero attached hydrogens (tertiary/aromatic N) is 1. The van der Waals surface area contributed by atoms with Crippen LogP contribution in [0.3, 0.4) is 0 Å². The number of anilines is 1. The SMILES string of the molecule is Nc1cccc(OCCNC(=O)c2ccncc2O)c1. The van der Waals surface area contributed by atoms with Crippen LogP contribution >= 0.6 is 0 Å². The lowest BCUT2D eigenvalue weighted by atomic mass is 10.2. The minimum atomic E-state index is -0.374. The van der Waals surface area contributed by atoms with Gasteiger partial charge >= 0.3 is 0 Å². The second-order valence-corrected chi connectivity index (χ2v) is 4.07. The summed E-state index contributed by atoms with van der Waals surface area (Å²) < 4.78 is 5.43. The minimum Gasteiger partial charge on any atom is -0.505 e. The van der Waals surface area contributed by atoms with Crippen LogP contribution in [0.25, 0.3) is 0 Å². The second-order valence-electron chi connectivity index (χ2n) is 4.07. The molecule has 2 rings (SSSR count). The van der Waals surface area contributed by atoms with Crippen molar-refractivity contribution >= 4 is 11.6 Å². The monoisotopic (exact) mass is 273 g/mol. The summed E-state index contributed by atoms with van der Waals surface area (Å²) >= 11 is 0. The molecule has 0 radical (unpaired) electrons. The Balaban J connectivity index is 1.79. The molecule has 0 spiro atoms. The standard InChI is InChI=1S/C14H15N3O3/c15-10-2-1-3-11(8-10)20-7-6-17-14(19)12-4-5-16-9-13(12)18/h1-5,8-9,18H,6-7,15H2,(H,17,19). The molecule has 0 saturated carbocycles. The molecule has 0 unspecified atom stereocenters. The molecule has 0 atom stereocenters. The van der Waals surface area contributed by atoms with Crippen molar-refractivity contribution in [2.45, 2.75) is 0 Å². The summed E-state index contributed by atoms with van der Waals surface area (Å²) in [6.07, 6.45) is 2.66. The molecule has 1 aromatic heterocycles. The Labute approximate surface area is 116 Å². The van der Waals surface area contributed by atoms with Crippen molar-refractivity contribution < 1.29 is 14.6 Å². The number of hydrogen-bond acceptors (Lipinski definition) is 5. The van der Waals surface area contributed by atoms with Gasteiger partial charge in [0.05, 0.1) is 18.3 Å². The highest BCUT2D eigenvalue weighted by molar-refractivity contribution is 5.96. The number of nitrogens with two attached hydrogens (primary N) is 1. The maximum atomic E-state index is 11.8. The number of benzene rings is 1. The van der Waals surface area contributed by atoms with Crippen molar-refractivity contribution in [2.24, 2.45) is 0 Å². The van der Waals surface area contributed by atoms with Gasteiger partial charge in [0.15, 0.2) is 0 Å². The average molecular weight is 273 g/mol. The average Bonchev–Trinajstić information content (AvgIpc) is 2.44. The van der Waals surface area contributed by atoms with Gasteiger partial charge in [-0.25, -0.2) is 0 Å². The van der Waals surface area contributed by atoms with Crippen molar-refractivity contribution in [3.63, 3.8) is 0 Å². The maximum Gasteiger partial charge on any atom is 0.255 e. The van der Waals surface area contributed by atoms with E-state index in [-0.39, 0.29) is 17.2 Å². The number of carbonyl (C=O) groups is 1. The Morgan fingerprint density at radius 3 is 3.00 bits per heavy atom. The van der Waals surface area contributed by atoms with E-state index in [1.807, 2.05) is 0 Å². The van der Waals surface area contributed by atoms with E-state index in [0.717, 1.165) is 0 Å². The van der Waals surface area contributed by atoms with Crippen LogP contribution < -0.4 is 15.8 Å². The first kappa shape index (κ1) is 13.7. The Morgan fingerprint density at radius 1 is 1.40 bits per heavy atom. The van der Waals surface area contributed by atoms with Crippen molar-refractivity contribution in [1.82, 2.24) is 10.3 Å². The maximum absolute atomic E-state index is 11.8. The van der Waals surface area contributed by atoms with Gasteiger partial charge in [0, 0.05) is 18.0 Å². The zero-order chi connectivity index (χ0) is 14.4. The van der Waals surface area contributed by atoms with E-state index in [1.54, 1.807) is 24.3 Å². The topological polar surface area (TPSA) is 97.5 Å². The lowest BCUT2D eigenvalue weighted by Gasteiger charge is -2.08. The van der Waals surface area contributed by atoms with Crippen LogP contribution in [-0.4, -0.2) is 29.1 Å². The van der Waals surface area contributed by atoms with E-state index in [9.17, 15) is 9.90 Å². The summed E-state index contributed by atoms with van der Waals surface area (Å²) in [5.41, 5.74) is 6.42. The highest BCUT2D eigenvalue weighted by Gasteiger charge is 2.09. The fraction of sp³-hybridized carbons (Fsp3) is 0.143. The van der Waals surface area contributed by atoms with E-state index in [2.05, 4.69) is 10.3 Å². The van der Waals surface area contributed by atoms with Gasteiger partial charge in [-0.3, -0.25) is 9.78 Å². The van der Waals surface area contributed by atoms with Crippen LogP contribution in [0.4, 0.5) is 5.69 Å². The predicted octanol–water partition coefficient (Wildman–Crippen LogP) is 1.18. The quantitative estimate of drug-likeness (QED) is 0.561. The molecule has 104 valence electrons. The second kappa shape index (κ2) is 6.42. The van der Waals surface area contributed by atoms with Gasteiger partial charge in [0.1, 0.15) is 18.1 Å². The number of aromatic nitrogens is 1. The van der Waals surface area contributed by atoms with E-state index in [0.29, 0.717) is 24.6 Å². The van der Waals surface area contributed by atoms with Gasteiger partial charge in [0.2, 0.25) is 0 Å². The molecule has 1 amide bonds. The zero-order valence-corrected chi connectivity index (χ0v) is 10.7. The van der Waals surface area contributed by atoms with E-state index >= 15 is 0 Å². The molecule has 20 heavy (non-hydrogen) atoms. The van der Waals surface area contributed by atoms with Crippen LogP contribution in [0.5, 0.6) is 11.5 Å². The number of amides is 1. The Hall–Kier alpha value is -2.76. The number of hydrogen-bond donors (Lipinski definition) is 3. The molecule has 1 aromatic carbocycles. The lowest BCUT2D eigenvalue weighted by molar-refractivity contribution is 0.0944. The highest BCUT2D eigenvalue weighted by atomic mass is 16.5. The fourth-order valence-electron chi connectivity index (χ4n) is 1.61. The fourth-order valence-corrected chi connectivity index (χ4v) is 1.61. The molecule has 1 heterocycles. The molecular weight excluding hydrogens is 258 g/mol. The van der Waals surface area contributed by atoms with Gasteiger partial charge in [-0.1, -0.05) is 6.07 Å². The number of nitrogen functional groups attached to an aromatic ring is 1. The van der Waals surface area contributed by atoms with Gasteiger partial charge in [-0.15, -0.1) is 0 Å². The number of rotatable bonds is 5. The third-order valence-electron chi connectivity index (χ3n) is 2.56. The van der Waals surface area contributed by atoms with Crippen LogP contribution in [0.1, 0.15) is 10.4 Å². The first-order chi connectivity index (χ1) is 9.66. The number of ether oxygens (including phenoxy) is 1. The Morgan fingerprint density at radius 2 is 2.25 bits per heavy atom. The van der Waals surface area contributed by atoms with E-state index in [4.69, 9.17) is 10.5 Å². The van der Waals surface area contributed by atoms with Gasteiger partial charge < -0.3 is 20.9 Å². The molecule has 4 N–H and O–H groups in total. The van der Waals surface area contributed by atoms with Crippen molar-refractivity contribution in [2.75, 3.05) is 18.9 Å². The summed E-state index contributed by atoms with van der Waals surface area (Å²) in [4.78, 5) is 15.5. The van der Waals surface area contributed by atoms with Gasteiger partial charge in [-0.2, -0.15) is 0 Å². The molecule has 0 aliphatic heterocycles. The zero-order valence-electron chi connectivity index (χ0n) is 10.7. The molecule has 0 fully saturated rings. The van der Waals surface area contributed by atoms with Crippen LogP contribution in [-0.2, 0) is 0 Å². The summed E-state index contributed by atoms with van der Waals surface area (Å²) in [6.45, 7) is 0.621. The minimum absolute atomic E-state index is 0.151. The molecule has 0 saturated heterocycles. The normalized spacial score (nSPS) is 10.0. The van der Waals surface area contributed by atoms with Crippen LogP contribution in [0, 0.1) is 0 Å².